The molecule has 1 aliphatic heterocycles. The third kappa shape index (κ3) is 3.76. The maximum Gasteiger partial charge on any atom is 0.306 e. The van der Waals surface area contributed by atoms with E-state index in [4.69, 9.17) is 9.47 Å². The summed E-state index contributed by atoms with van der Waals surface area (Å²) in [5.74, 6) is -0.218. The van der Waals surface area contributed by atoms with Crippen LogP contribution in [0.15, 0.2) is 41.8 Å². The fraction of sp³-hybridized carbons (Fsp3) is 0.500. The standard InChI is InChI=1S/C24H29NO5/c1-3-10-29-21-13-14(4-2)22-18(11-15(24(27)28)12-20(22)30-21)16-7-8-19(26)23-17(16)6-5-9-25-23/h5-9,14-15,18,21,26H,3-4,10-13H2,1-2H3,(H,27,28). The van der Waals surface area contributed by atoms with Gasteiger partial charge >= 0.3 is 5.97 Å². The number of rotatable bonds is 6. The summed E-state index contributed by atoms with van der Waals surface area (Å²) in [5.41, 5.74) is 2.75. The molecule has 0 saturated heterocycles. The average Bonchev–Trinajstić information content (AvgIpc) is 2.76. The number of hydrogen-bond donors (Lipinski definition) is 2. The van der Waals surface area contributed by atoms with E-state index >= 15 is 0 Å². The number of phenols is 1. The van der Waals surface area contributed by atoms with Crippen molar-refractivity contribution in [2.75, 3.05) is 6.61 Å². The number of hydrogen-bond acceptors (Lipinski definition) is 5. The van der Waals surface area contributed by atoms with Crippen molar-refractivity contribution in [2.24, 2.45) is 11.8 Å². The van der Waals surface area contributed by atoms with Gasteiger partial charge in [-0.3, -0.25) is 9.78 Å². The SMILES string of the molecule is CCCOC1CC(CC)C2=C(CC(C(=O)O)CC2c2ccc(O)c3ncccc23)O1. The van der Waals surface area contributed by atoms with Gasteiger partial charge in [-0.1, -0.05) is 26.0 Å². The molecule has 1 aliphatic carbocycles. The Balaban J connectivity index is 1.82. The second-order valence-corrected chi connectivity index (χ2v) is 8.24. The normalized spacial score (nSPS) is 26.3. The lowest BCUT2D eigenvalue weighted by molar-refractivity contribution is -0.151. The van der Waals surface area contributed by atoms with Gasteiger partial charge in [0.05, 0.1) is 12.5 Å². The Morgan fingerprint density at radius 2 is 2.10 bits per heavy atom. The highest BCUT2D eigenvalue weighted by molar-refractivity contribution is 5.88. The summed E-state index contributed by atoms with van der Waals surface area (Å²) in [5, 5.41) is 21.0. The van der Waals surface area contributed by atoms with Gasteiger partial charge in [0, 0.05) is 30.3 Å². The molecule has 30 heavy (non-hydrogen) atoms. The van der Waals surface area contributed by atoms with E-state index in [2.05, 4.69) is 18.8 Å². The number of aromatic hydroxyl groups is 1. The molecule has 2 aliphatic rings. The zero-order valence-electron chi connectivity index (χ0n) is 17.5. The molecule has 4 atom stereocenters. The number of carboxylic acids is 1. The fourth-order valence-electron chi connectivity index (χ4n) is 4.93. The van der Waals surface area contributed by atoms with Crippen molar-refractivity contribution in [2.45, 2.75) is 58.2 Å². The maximum absolute atomic E-state index is 12.0. The molecule has 0 amide bonds. The minimum atomic E-state index is -0.805. The highest BCUT2D eigenvalue weighted by Gasteiger charge is 2.42. The molecular formula is C24H29NO5. The third-order valence-corrected chi connectivity index (χ3v) is 6.35. The van der Waals surface area contributed by atoms with E-state index in [0.717, 1.165) is 36.0 Å². The van der Waals surface area contributed by atoms with Gasteiger partial charge in [0.15, 0.2) is 6.29 Å². The Hall–Kier alpha value is -2.60. The van der Waals surface area contributed by atoms with Crippen LogP contribution in [0.25, 0.3) is 10.9 Å². The summed E-state index contributed by atoms with van der Waals surface area (Å²) in [6.45, 7) is 4.85. The van der Waals surface area contributed by atoms with Crippen LogP contribution in [-0.2, 0) is 14.3 Å². The van der Waals surface area contributed by atoms with Crippen LogP contribution in [0.5, 0.6) is 5.75 Å². The van der Waals surface area contributed by atoms with E-state index in [9.17, 15) is 15.0 Å². The molecule has 2 heterocycles. The largest absolute Gasteiger partial charge is 0.506 e. The molecule has 4 rings (SSSR count). The van der Waals surface area contributed by atoms with E-state index in [1.807, 2.05) is 18.2 Å². The number of phenolic OH excluding ortho intramolecular Hbond substituents is 1. The summed E-state index contributed by atoms with van der Waals surface area (Å²) in [4.78, 5) is 16.3. The number of carboxylic acid groups (broad SMARTS) is 1. The van der Waals surface area contributed by atoms with E-state index in [1.54, 1.807) is 12.3 Å². The first-order chi connectivity index (χ1) is 14.5. The van der Waals surface area contributed by atoms with Crippen LogP contribution in [0.2, 0.25) is 0 Å². The Morgan fingerprint density at radius 3 is 2.83 bits per heavy atom. The van der Waals surface area contributed by atoms with E-state index in [0.29, 0.717) is 25.0 Å². The van der Waals surface area contributed by atoms with E-state index < -0.39 is 11.9 Å². The lowest BCUT2D eigenvalue weighted by Crippen LogP contribution is -2.35. The Kier molecular flexibility index (Phi) is 5.95. The average molecular weight is 411 g/mol. The van der Waals surface area contributed by atoms with Crippen LogP contribution in [0.4, 0.5) is 0 Å². The predicted octanol–water partition coefficient (Wildman–Crippen LogP) is 4.97. The van der Waals surface area contributed by atoms with Gasteiger partial charge in [-0.25, -0.2) is 0 Å². The summed E-state index contributed by atoms with van der Waals surface area (Å²) in [6.07, 6.45) is 4.89. The second kappa shape index (κ2) is 8.64. The molecule has 0 saturated carbocycles. The van der Waals surface area contributed by atoms with Crippen molar-refractivity contribution < 1.29 is 24.5 Å². The molecule has 1 aromatic carbocycles. The van der Waals surface area contributed by atoms with Crippen LogP contribution in [0, 0.1) is 11.8 Å². The van der Waals surface area contributed by atoms with Crippen LogP contribution in [0.3, 0.4) is 0 Å². The first-order valence-electron chi connectivity index (χ1n) is 10.8. The first-order valence-corrected chi connectivity index (χ1v) is 10.8. The minimum absolute atomic E-state index is 0.0841. The number of aromatic nitrogens is 1. The summed E-state index contributed by atoms with van der Waals surface area (Å²) < 4.78 is 12.1. The van der Waals surface area contributed by atoms with Crippen molar-refractivity contribution in [1.82, 2.24) is 4.98 Å². The summed E-state index contributed by atoms with van der Waals surface area (Å²) >= 11 is 0. The van der Waals surface area contributed by atoms with Crippen LogP contribution >= 0.6 is 0 Å². The highest BCUT2D eigenvalue weighted by Crippen LogP contribution is 2.50. The van der Waals surface area contributed by atoms with Gasteiger partial charge in [-0.05, 0) is 48.4 Å². The van der Waals surface area contributed by atoms with Crippen LogP contribution in [0.1, 0.15) is 57.4 Å². The van der Waals surface area contributed by atoms with Crippen LogP contribution in [-0.4, -0.2) is 34.1 Å². The molecular weight excluding hydrogens is 382 g/mol. The van der Waals surface area contributed by atoms with Gasteiger partial charge in [-0.2, -0.15) is 0 Å². The monoisotopic (exact) mass is 411 g/mol. The number of aliphatic carboxylic acids is 1. The molecule has 0 fully saturated rings. The molecule has 0 bridgehead atoms. The topological polar surface area (TPSA) is 88.9 Å². The smallest absolute Gasteiger partial charge is 0.306 e. The number of fused-ring (bicyclic) bond motifs is 1. The molecule has 0 spiro atoms. The van der Waals surface area contributed by atoms with Gasteiger partial charge < -0.3 is 19.7 Å². The Labute approximate surface area is 176 Å². The molecule has 6 nitrogen and oxygen atoms in total. The first kappa shape index (κ1) is 20.7. The lowest BCUT2D eigenvalue weighted by atomic mass is 9.69. The molecule has 6 heteroatoms. The van der Waals surface area contributed by atoms with E-state index in [1.165, 1.54) is 5.57 Å². The van der Waals surface area contributed by atoms with E-state index in [-0.39, 0.29) is 23.9 Å². The van der Waals surface area contributed by atoms with Crippen molar-refractivity contribution in [1.29, 1.82) is 0 Å². The molecule has 1 aromatic heterocycles. The quantitative estimate of drug-likeness (QED) is 0.697. The zero-order valence-corrected chi connectivity index (χ0v) is 17.5. The predicted molar refractivity (Wildman–Crippen MR) is 113 cm³/mol. The Morgan fingerprint density at radius 1 is 1.27 bits per heavy atom. The third-order valence-electron chi connectivity index (χ3n) is 6.35. The summed E-state index contributed by atoms with van der Waals surface area (Å²) in [6, 6.07) is 7.36. The van der Waals surface area contributed by atoms with Gasteiger partial charge in [0.25, 0.3) is 0 Å². The molecule has 2 N–H and O–H groups in total. The number of carbonyl (C=O) groups is 1. The zero-order chi connectivity index (χ0) is 21.3. The Bertz CT molecular complexity index is 969. The maximum atomic E-state index is 12.0. The van der Waals surface area contributed by atoms with Gasteiger partial charge in [0.2, 0.25) is 0 Å². The number of pyridine rings is 1. The number of allylic oxidation sites excluding steroid dienone is 2. The van der Waals surface area contributed by atoms with Crippen molar-refractivity contribution >= 4 is 16.9 Å². The van der Waals surface area contributed by atoms with Gasteiger partial charge in [-0.15, -0.1) is 0 Å². The molecule has 0 radical (unpaired) electrons. The van der Waals surface area contributed by atoms with Crippen molar-refractivity contribution in [3.8, 4) is 5.75 Å². The fourth-order valence-corrected chi connectivity index (χ4v) is 4.93. The number of ether oxygens (including phenoxy) is 2. The van der Waals surface area contributed by atoms with Crippen molar-refractivity contribution in [3.63, 3.8) is 0 Å². The minimum Gasteiger partial charge on any atom is -0.506 e. The lowest BCUT2D eigenvalue weighted by Gasteiger charge is -2.42. The summed E-state index contributed by atoms with van der Waals surface area (Å²) in [7, 11) is 0. The molecule has 160 valence electrons. The second-order valence-electron chi connectivity index (χ2n) is 8.24. The van der Waals surface area contributed by atoms with Gasteiger partial charge in [0.1, 0.15) is 17.0 Å². The molecule has 4 unspecified atom stereocenters. The van der Waals surface area contributed by atoms with Crippen LogP contribution < -0.4 is 0 Å². The van der Waals surface area contributed by atoms with Crippen molar-refractivity contribution in [3.05, 3.63) is 47.4 Å². The molecule has 2 aromatic rings. The number of benzene rings is 1. The number of nitrogens with zero attached hydrogens (tertiary/aromatic N) is 1. The highest BCUT2D eigenvalue weighted by atomic mass is 16.7.